The number of benzene rings is 2. The van der Waals surface area contributed by atoms with Crippen molar-refractivity contribution in [2.75, 3.05) is 14.2 Å². The summed E-state index contributed by atoms with van der Waals surface area (Å²) >= 11 is 0. The van der Waals surface area contributed by atoms with Crippen LogP contribution < -0.4 is 15.2 Å². The van der Waals surface area contributed by atoms with E-state index < -0.39 is 0 Å². The second-order valence-corrected chi connectivity index (χ2v) is 5.34. The molecule has 2 N–H and O–H groups in total. The Morgan fingerprint density at radius 1 is 1.00 bits per heavy atom. The number of rotatable bonds is 6. The van der Waals surface area contributed by atoms with Crippen molar-refractivity contribution in [2.45, 2.75) is 19.4 Å². The summed E-state index contributed by atoms with van der Waals surface area (Å²) in [6, 6.07) is 14.3. The van der Waals surface area contributed by atoms with Gasteiger partial charge in [0.2, 0.25) is 0 Å². The molecule has 0 radical (unpaired) electrons. The highest BCUT2D eigenvalue weighted by Gasteiger charge is 2.11. The third-order valence-corrected chi connectivity index (χ3v) is 3.40. The topological polar surface area (TPSA) is 44.5 Å². The molecule has 4 heteroatoms. The van der Waals surface area contributed by atoms with Crippen molar-refractivity contribution in [1.29, 1.82) is 0 Å². The van der Waals surface area contributed by atoms with Crippen molar-refractivity contribution in [3.05, 3.63) is 59.2 Å². The summed E-state index contributed by atoms with van der Waals surface area (Å²) in [4.78, 5) is 0. The van der Waals surface area contributed by atoms with Gasteiger partial charge in [0.1, 0.15) is 11.5 Å². The van der Waals surface area contributed by atoms with E-state index >= 15 is 0 Å². The van der Waals surface area contributed by atoms with Crippen molar-refractivity contribution in [1.82, 2.24) is 0 Å². The lowest BCUT2D eigenvalue weighted by atomic mass is 10.0. The average molecular weight is 334 g/mol. The molecular formula is C19H24ClNO2. The molecule has 0 aliphatic carbocycles. The summed E-state index contributed by atoms with van der Waals surface area (Å²) in [7, 11) is 3.34. The Labute approximate surface area is 144 Å². The zero-order valence-electron chi connectivity index (χ0n) is 13.8. The van der Waals surface area contributed by atoms with E-state index in [1.165, 1.54) is 0 Å². The van der Waals surface area contributed by atoms with Crippen LogP contribution in [0.4, 0.5) is 0 Å². The van der Waals surface area contributed by atoms with E-state index in [0.29, 0.717) is 0 Å². The van der Waals surface area contributed by atoms with E-state index in [1.807, 2.05) is 49.4 Å². The molecule has 0 spiro atoms. The molecule has 0 amide bonds. The second-order valence-electron chi connectivity index (χ2n) is 5.34. The molecule has 0 saturated heterocycles. The Morgan fingerprint density at radius 3 is 2.04 bits per heavy atom. The highest BCUT2D eigenvalue weighted by Crippen LogP contribution is 2.32. The largest absolute Gasteiger partial charge is 0.496 e. The maximum absolute atomic E-state index is 5.88. The molecule has 3 nitrogen and oxygen atoms in total. The third-order valence-electron chi connectivity index (χ3n) is 3.40. The van der Waals surface area contributed by atoms with E-state index in [-0.39, 0.29) is 18.4 Å². The lowest BCUT2D eigenvalue weighted by molar-refractivity contribution is 0.391. The van der Waals surface area contributed by atoms with Crippen LogP contribution in [0.3, 0.4) is 0 Å². The first-order valence-corrected chi connectivity index (χ1v) is 7.37. The molecule has 124 valence electrons. The molecule has 23 heavy (non-hydrogen) atoms. The summed E-state index contributed by atoms with van der Waals surface area (Å²) in [6.45, 7) is 1.99. The standard InChI is InChI=1S/C19H23NO2.ClH/c1-14(20)11-16-12-18(21-2)17(19(13-16)22-3)10-9-15-7-5-4-6-8-15;/h4-10,12-14H,11,20H2,1-3H3;1H/b10-9+;. The molecule has 0 fully saturated rings. The zero-order valence-corrected chi connectivity index (χ0v) is 14.6. The van der Waals surface area contributed by atoms with Crippen molar-refractivity contribution >= 4 is 24.6 Å². The average Bonchev–Trinajstić information content (AvgIpc) is 2.53. The molecule has 2 aromatic carbocycles. The van der Waals surface area contributed by atoms with Crippen molar-refractivity contribution in [3.8, 4) is 11.5 Å². The maximum Gasteiger partial charge on any atom is 0.130 e. The number of hydrogen-bond donors (Lipinski definition) is 1. The fourth-order valence-electron chi connectivity index (χ4n) is 2.39. The quantitative estimate of drug-likeness (QED) is 0.806. The monoisotopic (exact) mass is 333 g/mol. The zero-order chi connectivity index (χ0) is 15.9. The van der Waals surface area contributed by atoms with Gasteiger partial charge in [0.25, 0.3) is 0 Å². The van der Waals surface area contributed by atoms with Crippen LogP contribution in [0.5, 0.6) is 11.5 Å². The Hall–Kier alpha value is -1.97. The molecule has 0 aliphatic rings. The molecule has 0 aromatic heterocycles. The number of nitrogens with two attached hydrogens (primary N) is 1. The van der Waals surface area contributed by atoms with Gasteiger partial charge in [0.05, 0.1) is 19.8 Å². The summed E-state index contributed by atoms with van der Waals surface area (Å²) in [5, 5.41) is 0. The smallest absolute Gasteiger partial charge is 0.130 e. The van der Waals surface area contributed by atoms with Gasteiger partial charge in [-0.3, -0.25) is 0 Å². The predicted octanol–water partition coefficient (Wildman–Crippen LogP) is 4.19. The third kappa shape index (κ3) is 5.31. The van der Waals surface area contributed by atoms with Crippen LogP contribution in [0, 0.1) is 0 Å². The summed E-state index contributed by atoms with van der Waals surface area (Å²) in [5.41, 5.74) is 9.06. The molecule has 1 atom stereocenters. The van der Waals surface area contributed by atoms with Crippen LogP contribution in [0.2, 0.25) is 0 Å². The molecule has 2 rings (SSSR count). The number of methoxy groups -OCH3 is 2. The summed E-state index contributed by atoms with van der Waals surface area (Å²) < 4.78 is 11.1. The Kier molecular flexibility index (Phi) is 7.66. The van der Waals surface area contributed by atoms with E-state index in [4.69, 9.17) is 15.2 Å². The van der Waals surface area contributed by atoms with Gasteiger partial charge in [-0.25, -0.2) is 0 Å². The van der Waals surface area contributed by atoms with Gasteiger partial charge in [0, 0.05) is 6.04 Å². The first-order chi connectivity index (χ1) is 10.6. The molecule has 0 aliphatic heterocycles. The highest BCUT2D eigenvalue weighted by molar-refractivity contribution is 5.85. The molecule has 1 unspecified atom stereocenters. The van der Waals surface area contributed by atoms with Gasteiger partial charge < -0.3 is 15.2 Å². The van der Waals surface area contributed by atoms with Crippen LogP contribution in [-0.4, -0.2) is 20.3 Å². The number of halogens is 1. The van der Waals surface area contributed by atoms with Crippen molar-refractivity contribution in [3.63, 3.8) is 0 Å². The highest BCUT2D eigenvalue weighted by atomic mass is 35.5. The molecule has 0 heterocycles. The van der Waals surface area contributed by atoms with Gasteiger partial charge in [-0.2, -0.15) is 0 Å². The lowest BCUT2D eigenvalue weighted by Crippen LogP contribution is -2.17. The Balaban J connectivity index is 0.00000264. The van der Waals surface area contributed by atoms with Gasteiger partial charge in [-0.1, -0.05) is 36.4 Å². The predicted molar refractivity (Wildman–Crippen MR) is 99.5 cm³/mol. The van der Waals surface area contributed by atoms with Gasteiger partial charge in [-0.05, 0) is 42.7 Å². The van der Waals surface area contributed by atoms with E-state index in [2.05, 4.69) is 12.1 Å². The van der Waals surface area contributed by atoms with Crippen LogP contribution in [0.15, 0.2) is 42.5 Å². The Morgan fingerprint density at radius 2 is 1.57 bits per heavy atom. The summed E-state index contributed by atoms with van der Waals surface area (Å²) in [6.07, 6.45) is 4.85. The van der Waals surface area contributed by atoms with Gasteiger partial charge in [-0.15, -0.1) is 12.4 Å². The van der Waals surface area contributed by atoms with E-state index in [0.717, 1.165) is 34.6 Å². The first-order valence-electron chi connectivity index (χ1n) is 7.37. The fourth-order valence-corrected chi connectivity index (χ4v) is 2.39. The number of hydrogen-bond acceptors (Lipinski definition) is 3. The van der Waals surface area contributed by atoms with Crippen LogP contribution in [0.1, 0.15) is 23.6 Å². The van der Waals surface area contributed by atoms with E-state index in [1.54, 1.807) is 14.2 Å². The minimum atomic E-state index is 0. The first kappa shape index (κ1) is 19.1. The second kappa shape index (κ2) is 9.23. The van der Waals surface area contributed by atoms with Crippen LogP contribution >= 0.6 is 12.4 Å². The molecule has 0 saturated carbocycles. The SMILES string of the molecule is COc1cc(CC(C)N)cc(OC)c1/C=C/c1ccccc1.Cl. The van der Waals surface area contributed by atoms with Crippen LogP contribution in [0.25, 0.3) is 12.2 Å². The maximum atomic E-state index is 5.88. The fraction of sp³-hybridized carbons (Fsp3) is 0.263. The minimum Gasteiger partial charge on any atom is -0.496 e. The lowest BCUT2D eigenvalue weighted by Gasteiger charge is -2.14. The van der Waals surface area contributed by atoms with Crippen molar-refractivity contribution in [2.24, 2.45) is 5.73 Å². The molecule has 0 bridgehead atoms. The van der Waals surface area contributed by atoms with Gasteiger partial charge in [0.15, 0.2) is 0 Å². The normalized spacial score (nSPS) is 11.8. The summed E-state index contributed by atoms with van der Waals surface area (Å²) in [5.74, 6) is 1.59. The molecule has 2 aromatic rings. The number of ether oxygens (including phenoxy) is 2. The van der Waals surface area contributed by atoms with Crippen LogP contribution in [-0.2, 0) is 6.42 Å². The van der Waals surface area contributed by atoms with E-state index in [9.17, 15) is 0 Å². The Bertz CT molecular complexity index is 614. The van der Waals surface area contributed by atoms with Crippen molar-refractivity contribution < 1.29 is 9.47 Å². The minimum absolute atomic E-state index is 0. The molecular weight excluding hydrogens is 310 g/mol. The van der Waals surface area contributed by atoms with Gasteiger partial charge >= 0.3 is 0 Å².